The molecule has 0 fully saturated rings. The van der Waals surface area contributed by atoms with Crippen molar-refractivity contribution in [1.29, 1.82) is 5.26 Å². The molecule has 0 N–H and O–H groups in total. The zero-order chi connectivity index (χ0) is 10.1. The summed E-state index contributed by atoms with van der Waals surface area (Å²) in [4.78, 5) is 12.5. The van der Waals surface area contributed by atoms with Gasteiger partial charge in [0, 0.05) is 0 Å². The van der Waals surface area contributed by atoms with Gasteiger partial charge in [0.25, 0.3) is 0 Å². The van der Waals surface area contributed by atoms with Crippen molar-refractivity contribution in [2.75, 3.05) is 0 Å². The molecule has 1 rings (SSSR count). The molecule has 3 heteroatoms. The normalized spacial score (nSPS) is 10.9. The van der Waals surface area contributed by atoms with Crippen LogP contribution in [0.1, 0.15) is 29.1 Å². The number of carbonyl (C=O) groups is 1. The second kappa shape index (κ2) is 3.31. The predicted octanol–water partition coefficient (Wildman–Crippen LogP) is 2.79. The quantitative estimate of drug-likeness (QED) is 0.677. The zero-order valence-corrected chi connectivity index (χ0v) is 8.73. The first-order valence-electron chi connectivity index (χ1n) is 3.99. The van der Waals surface area contributed by atoms with Gasteiger partial charge in [-0.1, -0.05) is 0 Å². The van der Waals surface area contributed by atoms with Crippen molar-refractivity contribution < 1.29 is 4.79 Å². The van der Waals surface area contributed by atoms with E-state index in [1.807, 2.05) is 24.4 Å². The molecule has 0 saturated heterocycles. The van der Waals surface area contributed by atoms with E-state index in [2.05, 4.69) is 0 Å². The maximum atomic E-state index is 11.8. The van der Waals surface area contributed by atoms with Gasteiger partial charge in [0.2, 0.25) is 0 Å². The lowest BCUT2D eigenvalue weighted by Gasteiger charge is -2.12. The zero-order valence-electron chi connectivity index (χ0n) is 7.92. The summed E-state index contributed by atoms with van der Waals surface area (Å²) in [7, 11) is 0. The average molecular weight is 193 g/mol. The Morgan fingerprint density at radius 2 is 2.23 bits per heavy atom. The molecule has 0 unspecified atom stereocenters. The van der Waals surface area contributed by atoms with Crippen LogP contribution in [0.3, 0.4) is 0 Å². The van der Waals surface area contributed by atoms with Crippen LogP contribution < -0.4 is 0 Å². The highest BCUT2D eigenvalue weighted by atomic mass is 32.1. The monoisotopic (exact) mass is 193 g/mol. The number of thiophene rings is 1. The van der Waals surface area contributed by atoms with Crippen LogP contribution in [0.4, 0.5) is 0 Å². The highest BCUT2D eigenvalue weighted by Crippen LogP contribution is 2.26. The second-order valence-corrected chi connectivity index (χ2v) is 4.41. The number of nitrogens with zero attached hydrogens (tertiary/aromatic N) is 1. The standard InChI is InChI=1S/C10H11NOS/c1-7-4-5-13-8(7)9(12)10(2,3)6-11/h4-5H,1-3H3. The van der Waals surface area contributed by atoms with E-state index in [0.717, 1.165) is 5.56 Å². The van der Waals surface area contributed by atoms with Crippen molar-refractivity contribution in [3.05, 3.63) is 21.9 Å². The van der Waals surface area contributed by atoms with Gasteiger partial charge in [-0.05, 0) is 37.8 Å². The first kappa shape index (κ1) is 9.94. The summed E-state index contributed by atoms with van der Waals surface area (Å²) in [5.41, 5.74) is 0.0497. The molecular weight excluding hydrogens is 182 g/mol. The number of Topliss-reactive ketones (excluding diaryl/α,β-unsaturated/α-hetero) is 1. The van der Waals surface area contributed by atoms with Gasteiger partial charge in [-0.3, -0.25) is 4.79 Å². The van der Waals surface area contributed by atoms with Gasteiger partial charge >= 0.3 is 0 Å². The molecule has 0 aliphatic rings. The SMILES string of the molecule is Cc1ccsc1C(=O)C(C)(C)C#N. The maximum Gasteiger partial charge on any atom is 0.192 e. The molecular formula is C10H11NOS. The number of ketones is 1. The Morgan fingerprint density at radius 3 is 2.62 bits per heavy atom. The number of hydrogen-bond acceptors (Lipinski definition) is 3. The summed E-state index contributed by atoms with van der Waals surface area (Å²) in [6.07, 6.45) is 0. The largest absolute Gasteiger partial charge is 0.291 e. The molecule has 0 atom stereocenters. The van der Waals surface area contributed by atoms with Gasteiger partial charge in [0.1, 0.15) is 5.41 Å². The van der Waals surface area contributed by atoms with Crippen LogP contribution in [-0.2, 0) is 0 Å². The summed E-state index contributed by atoms with van der Waals surface area (Å²) >= 11 is 1.40. The topological polar surface area (TPSA) is 40.9 Å². The fourth-order valence-electron chi connectivity index (χ4n) is 0.940. The molecule has 1 aromatic rings. The van der Waals surface area contributed by atoms with Gasteiger partial charge < -0.3 is 0 Å². The van der Waals surface area contributed by atoms with Crippen molar-refractivity contribution in [3.63, 3.8) is 0 Å². The lowest BCUT2D eigenvalue weighted by Crippen LogP contribution is -2.21. The van der Waals surface area contributed by atoms with E-state index >= 15 is 0 Å². The third-order valence-electron chi connectivity index (χ3n) is 1.92. The van der Waals surface area contributed by atoms with Gasteiger partial charge in [0.05, 0.1) is 10.9 Å². The van der Waals surface area contributed by atoms with Crippen LogP contribution in [0.25, 0.3) is 0 Å². The van der Waals surface area contributed by atoms with Crippen molar-refractivity contribution in [2.24, 2.45) is 5.41 Å². The maximum absolute atomic E-state index is 11.8. The van der Waals surface area contributed by atoms with Gasteiger partial charge in [-0.2, -0.15) is 5.26 Å². The minimum Gasteiger partial charge on any atom is -0.291 e. The van der Waals surface area contributed by atoms with E-state index in [-0.39, 0.29) is 5.78 Å². The number of hydrogen-bond donors (Lipinski definition) is 0. The van der Waals surface area contributed by atoms with Crippen molar-refractivity contribution in [1.82, 2.24) is 0 Å². The summed E-state index contributed by atoms with van der Waals surface area (Å²) in [5, 5.41) is 10.7. The van der Waals surface area contributed by atoms with E-state index in [9.17, 15) is 4.79 Å². The summed E-state index contributed by atoms with van der Waals surface area (Å²) in [6.45, 7) is 5.18. The van der Waals surface area contributed by atoms with Crippen LogP contribution in [0.15, 0.2) is 11.4 Å². The Hall–Kier alpha value is -1.14. The third kappa shape index (κ3) is 1.78. The smallest absolute Gasteiger partial charge is 0.192 e. The Kier molecular flexibility index (Phi) is 2.53. The van der Waals surface area contributed by atoms with Gasteiger partial charge in [0.15, 0.2) is 5.78 Å². The molecule has 0 radical (unpaired) electrons. The molecule has 0 saturated carbocycles. The van der Waals surface area contributed by atoms with Crippen LogP contribution in [-0.4, -0.2) is 5.78 Å². The predicted molar refractivity (Wildman–Crippen MR) is 52.8 cm³/mol. The fourth-order valence-corrected chi connectivity index (χ4v) is 1.96. The summed E-state index contributed by atoms with van der Waals surface area (Å²) < 4.78 is 0. The van der Waals surface area contributed by atoms with Crippen LogP contribution in [0.5, 0.6) is 0 Å². The van der Waals surface area contributed by atoms with E-state index < -0.39 is 5.41 Å². The molecule has 0 aromatic carbocycles. The first-order valence-corrected chi connectivity index (χ1v) is 4.87. The lowest BCUT2D eigenvalue weighted by atomic mass is 9.88. The lowest BCUT2D eigenvalue weighted by molar-refractivity contribution is 0.0895. The van der Waals surface area contributed by atoms with E-state index in [1.165, 1.54) is 11.3 Å². The number of nitriles is 1. The minimum absolute atomic E-state index is 0.0810. The molecule has 68 valence electrons. The van der Waals surface area contributed by atoms with Crippen LogP contribution in [0.2, 0.25) is 0 Å². The highest BCUT2D eigenvalue weighted by molar-refractivity contribution is 7.12. The first-order chi connectivity index (χ1) is 5.99. The number of aryl methyl sites for hydroxylation is 1. The van der Waals surface area contributed by atoms with Crippen LogP contribution >= 0.6 is 11.3 Å². The van der Waals surface area contributed by atoms with E-state index in [0.29, 0.717) is 4.88 Å². The van der Waals surface area contributed by atoms with E-state index in [4.69, 9.17) is 5.26 Å². The van der Waals surface area contributed by atoms with Crippen molar-refractivity contribution in [2.45, 2.75) is 20.8 Å². The van der Waals surface area contributed by atoms with Gasteiger partial charge in [-0.15, -0.1) is 11.3 Å². The molecule has 0 amide bonds. The molecule has 13 heavy (non-hydrogen) atoms. The van der Waals surface area contributed by atoms with Crippen LogP contribution in [0, 0.1) is 23.7 Å². The minimum atomic E-state index is -0.907. The Bertz CT molecular complexity index is 371. The highest BCUT2D eigenvalue weighted by Gasteiger charge is 2.29. The Balaban J connectivity index is 3.07. The third-order valence-corrected chi connectivity index (χ3v) is 2.93. The summed E-state index contributed by atoms with van der Waals surface area (Å²) in [5.74, 6) is -0.0810. The molecule has 1 aromatic heterocycles. The van der Waals surface area contributed by atoms with E-state index in [1.54, 1.807) is 13.8 Å². The summed E-state index contributed by atoms with van der Waals surface area (Å²) in [6, 6.07) is 3.91. The molecule has 0 aliphatic carbocycles. The molecule has 1 heterocycles. The molecule has 0 spiro atoms. The fraction of sp³-hybridized carbons (Fsp3) is 0.400. The molecule has 2 nitrogen and oxygen atoms in total. The average Bonchev–Trinajstić information content (AvgIpc) is 2.50. The number of rotatable bonds is 2. The molecule has 0 aliphatic heterocycles. The Labute approximate surface area is 81.8 Å². The Morgan fingerprint density at radius 1 is 1.62 bits per heavy atom. The molecule has 0 bridgehead atoms. The van der Waals surface area contributed by atoms with Gasteiger partial charge in [-0.25, -0.2) is 0 Å². The van der Waals surface area contributed by atoms with Crippen molar-refractivity contribution >= 4 is 17.1 Å². The number of carbonyl (C=O) groups excluding carboxylic acids is 1. The van der Waals surface area contributed by atoms with Crippen molar-refractivity contribution in [3.8, 4) is 6.07 Å². The second-order valence-electron chi connectivity index (χ2n) is 3.50.